The first kappa shape index (κ1) is 36.9. The third-order valence-electron chi connectivity index (χ3n) is 9.88. The Balaban J connectivity index is 0.00000240. The van der Waals surface area contributed by atoms with E-state index >= 15 is 0 Å². The number of rotatable bonds is 4. The van der Waals surface area contributed by atoms with E-state index in [1.54, 1.807) is 22.3 Å². The molecule has 0 nitrogen and oxygen atoms in total. The summed E-state index contributed by atoms with van der Waals surface area (Å²) in [5, 5.41) is 0. The standard InChI is InChI=1S/2C20H21.C2H6Si.2ClH.Zr/c2*1-14-12-16-6-5-7-18(19(16)13-14)15-8-10-17(11-9-15)20(2,3)4;1-3-2;;;/h2*5-13H,1-4H3;1-2H3;2*1H;/q;;;;;+2/p-2. The van der Waals surface area contributed by atoms with Crippen molar-refractivity contribution in [1.82, 2.24) is 0 Å². The van der Waals surface area contributed by atoms with Gasteiger partial charge >= 0.3 is 276 Å². The van der Waals surface area contributed by atoms with Crippen LogP contribution in [0.3, 0.4) is 0 Å². The van der Waals surface area contributed by atoms with Gasteiger partial charge in [0.05, 0.1) is 0 Å². The second-order valence-corrected chi connectivity index (χ2v) is 33.2. The Morgan fingerprint density at radius 1 is 0.522 bits per heavy atom. The van der Waals surface area contributed by atoms with Crippen molar-refractivity contribution < 1.29 is 45.2 Å². The third-order valence-corrected chi connectivity index (χ3v) is 29.8. The zero-order valence-electron chi connectivity index (χ0n) is 29.1. The Morgan fingerprint density at radius 3 is 1.17 bits per heavy atom. The predicted octanol–water partition coefficient (Wildman–Crippen LogP) is 6.11. The molecule has 0 saturated carbocycles. The largest absolute Gasteiger partial charge is 1.00 e. The predicted molar refractivity (Wildman–Crippen MR) is 191 cm³/mol. The monoisotopic (exact) mass is 740 g/mol. The van der Waals surface area contributed by atoms with Crippen LogP contribution in [-0.4, -0.2) is 5.43 Å². The van der Waals surface area contributed by atoms with Crippen LogP contribution in [0.1, 0.15) is 96.0 Å². The Bertz CT molecular complexity index is 1710. The van der Waals surface area contributed by atoms with Crippen molar-refractivity contribution in [3.05, 3.63) is 129 Å². The van der Waals surface area contributed by atoms with E-state index in [0.29, 0.717) is 7.25 Å². The van der Waals surface area contributed by atoms with Gasteiger partial charge < -0.3 is 24.8 Å². The average molecular weight is 743 g/mol. The Kier molecular flexibility index (Phi) is 11.1. The van der Waals surface area contributed by atoms with Crippen LogP contribution in [0.5, 0.6) is 0 Å². The molecule has 46 heavy (non-hydrogen) atoms. The minimum absolute atomic E-state index is 0. The molecule has 2 aliphatic carbocycles. The van der Waals surface area contributed by atoms with Gasteiger partial charge in [0.15, 0.2) is 0 Å². The van der Waals surface area contributed by atoms with Crippen LogP contribution in [0.15, 0.2) is 96.1 Å². The van der Waals surface area contributed by atoms with Gasteiger partial charge in [-0.3, -0.25) is 0 Å². The van der Waals surface area contributed by atoms with Gasteiger partial charge in [-0.15, -0.1) is 0 Å². The minimum Gasteiger partial charge on any atom is -1.00 e. The maximum atomic E-state index is 2.63. The normalized spacial score (nSPS) is 16.6. The Morgan fingerprint density at radius 2 is 0.870 bits per heavy atom. The topological polar surface area (TPSA) is 0 Å². The number of benzene rings is 4. The number of hydrogen-bond acceptors (Lipinski definition) is 0. The molecule has 0 fully saturated rings. The Labute approximate surface area is 298 Å². The molecular weight excluding hydrogens is 695 g/mol. The van der Waals surface area contributed by atoms with Crippen LogP contribution in [0, 0.1) is 0 Å². The maximum Gasteiger partial charge on any atom is -1.00 e. The summed E-state index contributed by atoms with van der Waals surface area (Å²) in [6, 6.07) is 33.0. The van der Waals surface area contributed by atoms with Gasteiger partial charge in [0.1, 0.15) is 0 Å². The van der Waals surface area contributed by atoms with Gasteiger partial charge in [0, 0.05) is 0 Å². The van der Waals surface area contributed by atoms with E-state index in [2.05, 4.69) is 166 Å². The summed E-state index contributed by atoms with van der Waals surface area (Å²) in [6.45, 7) is 23.9. The fraction of sp³-hybridized carbons (Fsp3) is 0.333. The molecule has 0 amide bonds. The van der Waals surface area contributed by atoms with Crippen molar-refractivity contribution in [2.24, 2.45) is 0 Å². The summed E-state index contributed by atoms with van der Waals surface area (Å²) < 4.78 is 1.28. The second kappa shape index (κ2) is 13.9. The summed E-state index contributed by atoms with van der Waals surface area (Å²) in [6.07, 6.45) is 5.11. The summed E-state index contributed by atoms with van der Waals surface area (Å²) in [5.41, 5.74) is 17.5. The van der Waals surface area contributed by atoms with Crippen molar-refractivity contribution in [3.8, 4) is 22.3 Å². The van der Waals surface area contributed by atoms with Gasteiger partial charge in [0.2, 0.25) is 0 Å². The van der Waals surface area contributed by atoms with Crippen molar-refractivity contribution in [1.29, 1.82) is 0 Å². The molecule has 4 aromatic carbocycles. The van der Waals surface area contributed by atoms with Crippen molar-refractivity contribution >= 4 is 17.6 Å². The van der Waals surface area contributed by atoms with Gasteiger partial charge in [0.25, 0.3) is 0 Å². The van der Waals surface area contributed by atoms with Crippen LogP contribution < -0.4 is 24.8 Å². The molecule has 4 aromatic rings. The van der Waals surface area contributed by atoms with Crippen LogP contribution in [0.4, 0.5) is 0 Å². The molecule has 0 heterocycles. The summed E-state index contributed by atoms with van der Waals surface area (Å²) in [7, 11) is 0. The zero-order valence-corrected chi connectivity index (χ0v) is 34.1. The fourth-order valence-corrected chi connectivity index (χ4v) is 28.2. The summed E-state index contributed by atoms with van der Waals surface area (Å²) in [4.78, 5) is 0. The third kappa shape index (κ3) is 6.80. The molecule has 0 N–H and O–H groups in total. The van der Waals surface area contributed by atoms with Gasteiger partial charge in [-0.05, 0) is 0 Å². The fourth-order valence-electron chi connectivity index (χ4n) is 7.48. The zero-order chi connectivity index (χ0) is 31.6. The van der Waals surface area contributed by atoms with E-state index in [9.17, 15) is 0 Å². The van der Waals surface area contributed by atoms with Gasteiger partial charge in [-0.25, -0.2) is 0 Å². The van der Waals surface area contributed by atoms with Crippen molar-refractivity contribution in [2.75, 3.05) is 0 Å². The second-order valence-electron chi connectivity index (χ2n) is 15.4. The van der Waals surface area contributed by atoms with E-state index in [-0.39, 0.29) is 35.6 Å². The average Bonchev–Trinajstić information content (AvgIpc) is 3.48. The number of fused-ring (bicyclic) bond motifs is 2. The molecule has 2 aliphatic rings. The van der Waals surface area contributed by atoms with E-state index in [0.717, 1.165) is 0 Å². The molecule has 0 bridgehead atoms. The summed E-state index contributed by atoms with van der Waals surface area (Å²) in [5.74, 6) is 0. The molecule has 2 unspecified atom stereocenters. The van der Waals surface area contributed by atoms with E-state index in [1.165, 1.54) is 44.5 Å². The SMILES string of the molecule is CC1=Cc2c(-c3ccc(C(C)(C)C)cc3)cccc2[CH]1[Zr+2]([CH]1C(C)=Cc2c(-c3ccc(C(C)(C)C)cc3)cccc21)=[Si](C)C.[Cl-].[Cl-]. The van der Waals surface area contributed by atoms with Crippen LogP contribution in [-0.2, 0) is 31.2 Å². The van der Waals surface area contributed by atoms with E-state index < -0.39 is 25.8 Å². The number of hydrogen-bond donors (Lipinski definition) is 0. The van der Waals surface area contributed by atoms with Crippen molar-refractivity contribution in [3.63, 3.8) is 0 Å². The molecule has 0 aromatic heterocycles. The van der Waals surface area contributed by atoms with Gasteiger partial charge in [-0.1, -0.05) is 0 Å². The molecule has 6 rings (SSSR count). The molecule has 238 valence electrons. The van der Waals surface area contributed by atoms with E-state index in [4.69, 9.17) is 0 Å². The molecular formula is C42H48Cl2SiZr. The molecule has 2 atom stereocenters. The molecule has 0 radical (unpaired) electrons. The quantitative estimate of drug-likeness (QED) is 0.222. The first-order chi connectivity index (χ1) is 20.8. The number of halogens is 2. The van der Waals surface area contributed by atoms with Crippen LogP contribution >= 0.6 is 0 Å². The summed E-state index contributed by atoms with van der Waals surface area (Å²) >= 11 is -2.12. The van der Waals surface area contributed by atoms with E-state index in [1.807, 2.05) is 0 Å². The number of allylic oxidation sites excluding steroid dienone is 2. The Hall–Kier alpha value is -1.96. The molecule has 4 heteroatoms. The molecule has 0 spiro atoms. The smallest absolute Gasteiger partial charge is 1.00 e. The van der Waals surface area contributed by atoms with Crippen molar-refractivity contribution in [2.45, 2.75) is 86.6 Å². The van der Waals surface area contributed by atoms with Crippen LogP contribution in [0.25, 0.3) is 34.4 Å². The molecule has 0 saturated heterocycles. The molecule has 0 aliphatic heterocycles. The first-order valence-corrected chi connectivity index (χ1v) is 25.3. The van der Waals surface area contributed by atoms with Gasteiger partial charge in [-0.2, -0.15) is 0 Å². The minimum atomic E-state index is -2.12. The maximum absolute atomic E-state index is 2.63. The first-order valence-electron chi connectivity index (χ1n) is 16.3. The van der Waals surface area contributed by atoms with Crippen LogP contribution in [0.2, 0.25) is 13.1 Å².